The summed E-state index contributed by atoms with van der Waals surface area (Å²) in [5.41, 5.74) is 0.519. The zero-order valence-electron chi connectivity index (χ0n) is 11.1. The van der Waals surface area contributed by atoms with Gasteiger partial charge in [-0.15, -0.1) is 0 Å². The fourth-order valence-corrected chi connectivity index (χ4v) is 2.79. The topological polar surface area (TPSA) is 59.1 Å². The van der Waals surface area contributed by atoms with E-state index in [2.05, 4.69) is 0 Å². The van der Waals surface area contributed by atoms with Gasteiger partial charge in [-0.25, -0.2) is 9.59 Å². The molecule has 0 unspecified atom stereocenters. The highest BCUT2D eigenvalue weighted by Crippen LogP contribution is 2.53. The summed E-state index contributed by atoms with van der Waals surface area (Å²) in [7, 11) is 0. The molecule has 3 rings (SSSR count). The van der Waals surface area contributed by atoms with Crippen molar-refractivity contribution >= 4 is 12.2 Å². The maximum Gasteiger partial charge on any atom is 0.418 e. The van der Waals surface area contributed by atoms with Crippen molar-refractivity contribution in [3.63, 3.8) is 0 Å². The smallest absolute Gasteiger partial charge is 0.378 e. The highest BCUT2D eigenvalue weighted by Gasteiger charge is 2.45. The molecule has 1 saturated carbocycles. The molecule has 0 bridgehead atoms. The zero-order valence-corrected chi connectivity index (χ0v) is 11.1. The average molecular weight is 268 g/mol. The molecule has 0 N–H and O–H groups in total. The number of morpholine rings is 1. The standard InChI is InChI=1S/C13H20N2O4/c16-11(14-5-3-13(1-2-13)4-6-14)19-12(17)15-7-9-18-10-8-15/h1-10H2. The van der Waals surface area contributed by atoms with Crippen LogP contribution in [-0.4, -0.2) is 61.4 Å². The van der Waals surface area contributed by atoms with Crippen LogP contribution in [0.2, 0.25) is 0 Å². The Labute approximate surface area is 112 Å². The van der Waals surface area contributed by atoms with Gasteiger partial charge in [-0.1, -0.05) is 0 Å². The van der Waals surface area contributed by atoms with Gasteiger partial charge in [-0.05, 0) is 31.1 Å². The molecule has 3 fully saturated rings. The molecular weight excluding hydrogens is 248 g/mol. The van der Waals surface area contributed by atoms with Crippen LogP contribution in [0.5, 0.6) is 0 Å². The van der Waals surface area contributed by atoms with Crippen LogP contribution in [0.4, 0.5) is 9.59 Å². The molecule has 0 aromatic rings. The second kappa shape index (κ2) is 5.00. The van der Waals surface area contributed by atoms with Crippen LogP contribution >= 0.6 is 0 Å². The van der Waals surface area contributed by atoms with Crippen molar-refractivity contribution in [1.29, 1.82) is 0 Å². The third-order valence-electron chi connectivity index (χ3n) is 4.48. The highest BCUT2D eigenvalue weighted by atomic mass is 16.6. The van der Waals surface area contributed by atoms with E-state index < -0.39 is 12.2 Å². The first-order valence-electron chi connectivity index (χ1n) is 7.02. The Morgan fingerprint density at radius 1 is 0.842 bits per heavy atom. The summed E-state index contributed by atoms with van der Waals surface area (Å²) in [6.45, 7) is 3.44. The first kappa shape index (κ1) is 12.7. The second-order valence-corrected chi connectivity index (χ2v) is 5.72. The number of likely N-dealkylation sites (tertiary alicyclic amines) is 1. The van der Waals surface area contributed by atoms with Crippen LogP contribution in [0.1, 0.15) is 25.7 Å². The molecule has 2 amide bonds. The Morgan fingerprint density at radius 3 is 1.89 bits per heavy atom. The lowest BCUT2D eigenvalue weighted by Gasteiger charge is -2.32. The minimum Gasteiger partial charge on any atom is -0.378 e. The highest BCUT2D eigenvalue weighted by molar-refractivity contribution is 5.83. The number of carbonyl (C=O) groups is 2. The molecule has 2 aliphatic heterocycles. The first-order valence-corrected chi connectivity index (χ1v) is 7.02. The van der Waals surface area contributed by atoms with Crippen molar-refractivity contribution < 1.29 is 19.1 Å². The molecule has 19 heavy (non-hydrogen) atoms. The van der Waals surface area contributed by atoms with Crippen molar-refractivity contribution in [2.45, 2.75) is 25.7 Å². The molecule has 0 radical (unpaired) electrons. The number of piperidine rings is 1. The monoisotopic (exact) mass is 268 g/mol. The van der Waals surface area contributed by atoms with Crippen LogP contribution in [-0.2, 0) is 9.47 Å². The number of amides is 2. The first-order chi connectivity index (χ1) is 9.19. The average Bonchev–Trinajstić information content (AvgIpc) is 3.20. The Bertz CT molecular complexity index is 365. The second-order valence-electron chi connectivity index (χ2n) is 5.72. The Kier molecular flexibility index (Phi) is 3.35. The van der Waals surface area contributed by atoms with Crippen LogP contribution < -0.4 is 0 Å². The van der Waals surface area contributed by atoms with Gasteiger partial charge in [0.1, 0.15) is 0 Å². The van der Waals surface area contributed by atoms with Gasteiger partial charge in [0.25, 0.3) is 0 Å². The molecule has 1 aliphatic carbocycles. The largest absolute Gasteiger partial charge is 0.418 e. The minimum atomic E-state index is -0.542. The number of carbonyl (C=O) groups excluding carboxylic acids is 2. The van der Waals surface area contributed by atoms with Crippen molar-refractivity contribution in [2.75, 3.05) is 39.4 Å². The predicted molar refractivity (Wildman–Crippen MR) is 66.7 cm³/mol. The number of hydrogen-bond donors (Lipinski definition) is 0. The van der Waals surface area contributed by atoms with Crippen molar-refractivity contribution in [3.05, 3.63) is 0 Å². The number of hydrogen-bond acceptors (Lipinski definition) is 4. The van der Waals surface area contributed by atoms with E-state index in [4.69, 9.17) is 9.47 Å². The fourth-order valence-electron chi connectivity index (χ4n) is 2.79. The molecule has 2 saturated heterocycles. The van der Waals surface area contributed by atoms with Crippen molar-refractivity contribution in [2.24, 2.45) is 5.41 Å². The lowest BCUT2D eigenvalue weighted by atomic mass is 9.94. The van der Waals surface area contributed by atoms with E-state index in [1.165, 1.54) is 17.7 Å². The summed E-state index contributed by atoms with van der Waals surface area (Å²) < 4.78 is 10.1. The summed E-state index contributed by atoms with van der Waals surface area (Å²) in [6, 6.07) is 0. The van der Waals surface area contributed by atoms with Crippen LogP contribution in [0.3, 0.4) is 0 Å². The number of rotatable bonds is 0. The van der Waals surface area contributed by atoms with Gasteiger partial charge < -0.3 is 19.3 Å². The van der Waals surface area contributed by atoms with Crippen molar-refractivity contribution in [1.82, 2.24) is 9.80 Å². The number of ether oxygens (including phenoxy) is 2. The van der Waals surface area contributed by atoms with E-state index >= 15 is 0 Å². The molecule has 0 aromatic heterocycles. The SMILES string of the molecule is O=C(OC(=O)N1CCC2(CC1)CC2)N1CCOCC1. The summed E-state index contributed by atoms with van der Waals surface area (Å²) >= 11 is 0. The van der Waals surface area contributed by atoms with Crippen LogP contribution in [0, 0.1) is 5.41 Å². The van der Waals surface area contributed by atoms with Gasteiger partial charge in [0.05, 0.1) is 13.2 Å². The molecular formula is C13H20N2O4. The molecule has 0 atom stereocenters. The molecule has 2 heterocycles. The van der Waals surface area contributed by atoms with Crippen LogP contribution in [0.15, 0.2) is 0 Å². The van der Waals surface area contributed by atoms with E-state index in [-0.39, 0.29) is 0 Å². The van der Waals surface area contributed by atoms with E-state index in [0.29, 0.717) is 31.7 Å². The predicted octanol–water partition coefficient (Wildman–Crippen LogP) is 1.45. The molecule has 3 aliphatic rings. The Balaban J connectivity index is 1.46. The fraction of sp³-hybridized carbons (Fsp3) is 0.846. The summed E-state index contributed by atoms with van der Waals surface area (Å²) in [5, 5.41) is 0. The Morgan fingerprint density at radius 2 is 1.37 bits per heavy atom. The molecule has 6 heteroatoms. The van der Waals surface area contributed by atoms with E-state index in [1.54, 1.807) is 4.90 Å². The maximum atomic E-state index is 11.9. The zero-order chi connectivity index (χ0) is 13.3. The quantitative estimate of drug-likeness (QED) is 0.624. The van der Waals surface area contributed by atoms with E-state index in [9.17, 15) is 9.59 Å². The molecule has 0 aromatic carbocycles. The van der Waals surface area contributed by atoms with Gasteiger partial charge in [-0.3, -0.25) is 0 Å². The van der Waals surface area contributed by atoms with Gasteiger partial charge >= 0.3 is 12.2 Å². The third-order valence-corrected chi connectivity index (χ3v) is 4.48. The van der Waals surface area contributed by atoms with Gasteiger partial charge in [0, 0.05) is 26.2 Å². The van der Waals surface area contributed by atoms with Gasteiger partial charge in [0.2, 0.25) is 0 Å². The molecule has 6 nitrogen and oxygen atoms in total. The van der Waals surface area contributed by atoms with E-state index in [0.717, 1.165) is 25.9 Å². The summed E-state index contributed by atoms with van der Waals surface area (Å²) in [6.07, 6.45) is 3.65. The van der Waals surface area contributed by atoms with Crippen LogP contribution in [0.25, 0.3) is 0 Å². The summed E-state index contributed by atoms with van der Waals surface area (Å²) in [5.74, 6) is 0. The third kappa shape index (κ3) is 2.83. The lowest BCUT2D eigenvalue weighted by molar-refractivity contribution is 0.0294. The normalized spacial score (nSPS) is 25.3. The van der Waals surface area contributed by atoms with Gasteiger partial charge in [-0.2, -0.15) is 0 Å². The van der Waals surface area contributed by atoms with Gasteiger partial charge in [0.15, 0.2) is 0 Å². The molecule has 106 valence electrons. The number of nitrogens with zero attached hydrogens (tertiary/aromatic N) is 2. The summed E-state index contributed by atoms with van der Waals surface area (Å²) in [4.78, 5) is 26.9. The minimum absolute atomic E-state index is 0.494. The van der Waals surface area contributed by atoms with Crippen molar-refractivity contribution in [3.8, 4) is 0 Å². The maximum absolute atomic E-state index is 11.9. The Hall–Kier alpha value is -1.30. The molecule has 1 spiro atoms. The lowest BCUT2D eigenvalue weighted by Crippen LogP contribution is -2.45. The van der Waals surface area contributed by atoms with E-state index in [1.807, 2.05) is 0 Å².